The third-order valence-corrected chi connectivity index (χ3v) is 7.99. The molecule has 162 valence electrons. The van der Waals surface area contributed by atoms with Crippen LogP contribution in [0.15, 0.2) is 124 Å². The lowest BCUT2D eigenvalue weighted by molar-refractivity contribution is -0.0283. The van der Waals surface area contributed by atoms with Crippen molar-refractivity contribution >= 4 is 39.2 Å². The number of rotatable bonds is 3. The molecule has 5 heteroatoms. The molecule has 0 bridgehead atoms. The SMILES string of the molecule is Brc1cccc(C2=NOC3(c4ccccc4)CC(c4ccccc4)Sc4ccccc4N23)c1. The van der Waals surface area contributed by atoms with E-state index in [-0.39, 0.29) is 5.25 Å². The van der Waals surface area contributed by atoms with Gasteiger partial charge in [0.1, 0.15) is 0 Å². The zero-order chi connectivity index (χ0) is 22.3. The van der Waals surface area contributed by atoms with Gasteiger partial charge in [0.2, 0.25) is 5.72 Å². The molecule has 0 fully saturated rings. The lowest BCUT2D eigenvalue weighted by atomic mass is 9.92. The number of oxime groups is 1. The van der Waals surface area contributed by atoms with Gasteiger partial charge in [-0.1, -0.05) is 106 Å². The van der Waals surface area contributed by atoms with E-state index in [9.17, 15) is 0 Å². The molecule has 0 amide bonds. The van der Waals surface area contributed by atoms with Gasteiger partial charge in [-0.15, -0.1) is 11.8 Å². The average Bonchev–Trinajstić information content (AvgIpc) is 3.18. The minimum Gasteiger partial charge on any atom is -0.360 e. The van der Waals surface area contributed by atoms with Crippen molar-refractivity contribution in [1.29, 1.82) is 0 Å². The summed E-state index contributed by atoms with van der Waals surface area (Å²) in [5.41, 5.74) is 3.76. The zero-order valence-electron chi connectivity index (χ0n) is 17.8. The topological polar surface area (TPSA) is 24.8 Å². The zero-order valence-corrected chi connectivity index (χ0v) is 20.2. The Labute approximate surface area is 206 Å². The average molecular weight is 513 g/mol. The monoisotopic (exact) mass is 512 g/mol. The van der Waals surface area contributed by atoms with E-state index >= 15 is 0 Å². The minimum absolute atomic E-state index is 0.203. The summed E-state index contributed by atoms with van der Waals surface area (Å²) in [6.45, 7) is 0. The summed E-state index contributed by atoms with van der Waals surface area (Å²) in [5, 5.41) is 4.92. The van der Waals surface area contributed by atoms with E-state index in [1.54, 1.807) is 0 Å². The lowest BCUT2D eigenvalue weighted by Gasteiger charge is -2.37. The molecule has 0 aliphatic carbocycles. The maximum atomic E-state index is 6.51. The first-order valence-corrected chi connectivity index (χ1v) is 12.6. The first-order valence-electron chi connectivity index (χ1n) is 10.9. The van der Waals surface area contributed by atoms with E-state index in [0.717, 1.165) is 33.5 Å². The summed E-state index contributed by atoms with van der Waals surface area (Å²) in [5.74, 6) is 0.821. The second-order valence-corrected chi connectivity index (χ2v) is 10.4. The molecule has 0 aromatic heterocycles. The summed E-state index contributed by atoms with van der Waals surface area (Å²) in [7, 11) is 0. The van der Waals surface area contributed by atoms with Gasteiger partial charge in [-0.05, 0) is 29.8 Å². The highest BCUT2D eigenvalue weighted by Crippen LogP contribution is 2.56. The summed E-state index contributed by atoms with van der Waals surface area (Å²) < 4.78 is 1.01. The smallest absolute Gasteiger partial charge is 0.242 e. The van der Waals surface area contributed by atoms with Crippen molar-refractivity contribution in [2.45, 2.75) is 22.3 Å². The second-order valence-electron chi connectivity index (χ2n) is 8.19. The van der Waals surface area contributed by atoms with Crippen LogP contribution in [0.1, 0.15) is 28.4 Å². The van der Waals surface area contributed by atoms with E-state index in [4.69, 9.17) is 9.99 Å². The Morgan fingerprint density at radius 3 is 2.36 bits per heavy atom. The Balaban J connectivity index is 1.58. The number of anilines is 1. The van der Waals surface area contributed by atoms with E-state index in [1.165, 1.54) is 10.5 Å². The molecule has 0 radical (unpaired) electrons. The first kappa shape index (κ1) is 20.6. The molecule has 6 rings (SSSR count). The molecule has 0 N–H and O–H groups in total. The molecule has 2 unspecified atom stereocenters. The molecule has 2 heterocycles. The molecular weight excluding hydrogens is 492 g/mol. The number of nitrogens with zero attached hydrogens (tertiary/aromatic N) is 2. The number of para-hydroxylation sites is 1. The van der Waals surface area contributed by atoms with Crippen LogP contribution in [0.5, 0.6) is 0 Å². The Morgan fingerprint density at radius 1 is 0.848 bits per heavy atom. The normalized spacial score (nSPS) is 21.4. The third kappa shape index (κ3) is 3.56. The molecule has 2 atom stereocenters. The number of fused-ring (bicyclic) bond motifs is 3. The van der Waals surface area contributed by atoms with E-state index in [1.807, 2.05) is 30.0 Å². The van der Waals surface area contributed by atoms with Crippen molar-refractivity contribution in [2.75, 3.05) is 4.90 Å². The van der Waals surface area contributed by atoms with Gasteiger partial charge < -0.3 is 4.84 Å². The first-order chi connectivity index (χ1) is 16.2. The molecule has 4 aromatic carbocycles. The molecule has 2 aliphatic rings. The quantitative estimate of drug-likeness (QED) is 0.280. The molecule has 3 nitrogen and oxygen atoms in total. The maximum Gasteiger partial charge on any atom is 0.242 e. The van der Waals surface area contributed by atoms with Gasteiger partial charge in [-0.3, -0.25) is 4.90 Å². The van der Waals surface area contributed by atoms with Crippen LogP contribution in [-0.2, 0) is 10.6 Å². The largest absolute Gasteiger partial charge is 0.360 e. The van der Waals surface area contributed by atoms with Crippen molar-refractivity contribution in [2.24, 2.45) is 5.16 Å². The molecule has 0 saturated heterocycles. The fourth-order valence-electron chi connectivity index (χ4n) is 4.66. The molecule has 33 heavy (non-hydrogen) atoms. The highest BCUT2D eigenvalue weighted by atomic mass is 79.9. The van der Waals surface area contributed by atoms with Crippen LogP contribution in [0.2, 0.25) is 0 Å². The summed E-state index contributed by atoms with van der Waals surface area (Å²) in [4.78, 5) is 10.0. The van der Waals surface area contributed by atoms with Crippen LogP contribution in [0.4, 0.5) is 5.69 Å². The molecule has 2 aliphatic heterocycles. The number of benzene rings is 4. The van der Waals surface area contributed by atoms with Crippen LogP contribution in [0, 0.1) is 0 Å². The van der Waals surface area contributed by atoms with Gasteiger partial charge in [0, 0.05) is 32.2 Å². The summed E-state index contributed by atoms with van der Waals surface area (Å²) in [6.07, 6.45) is 0.751. The predicted molar refractivity (Wildman–Crippen MR) is 138 cm³/mol. The minimum atomic E-state index is -0.751. The number of hydrogen-bond acceptors (Lipinski definition) is 4. The van der Waals surface area contributed by atoms with Crippen LogP contribution in [0.25, 0.3) is 0 Å². The number of thioether (sulfide) groups is 1. The second kappa shape index (κ2) is 8.40. The Hall–Kier alpha value is -3.02. The highest BCUT2D eigenvalue weighted by Gasteiger charge is 2.52. The van der Waals surface area contributed by atoms with Crippen LogP contribution >= 0.6 is 27.7 Å². The number of amidine groups is 1. The Morgan fingerprint density at radius 2 is 1.58 bits per heavy atom. The van der Waals surface area contributed by atoms with Gasteiger partial charge in [0.25, 0.3) is 0 Å². The molecular formula is C28H21BrN2OS. The fraction of sp³-hybridized carbons (Fsp3) is 0.107. The predicted octanol–water partition coefficient (Wildman–Crippen LogP) is 7.74. The fourth-order valence-corrected chi connectivity index (χ4v) is 6.40. The summed E-state index contributed by atoms with van der Waals surface area (Å²) >= 11 is 5.52. The van der Waals surface area contributed by atoms with E-state index in [2.05, 4.69) is 112 Å². The Bertz CT molecular complexity index is 1330. The van der Waals surface area contributed by atoms with E-state index in [0.29, 0.717) is 0 Å². The molecule has 0 saturated carbocycles. The van der Waals surface area contributed by atoms with Crippen molar-refractivity contribution in [1.82, 2.24) is 0 Å². The van der Waals surface area contributed by atoms with Crippen LogP contribution in [-0.4, -0.2) is 5.84 Å². The van der Waals surface area contributed by atoms with Crippen molar-refractivity contribution < 1.29 is 4.84 Å². The van der Waals surface area contributed by atoms with Crippen LogP contribution < -0.4 is 4.90 Å². The van der Waals surface area contributed by atoms with Gasteiger partial charge in [0.05, 0.1) is 5.69 Å². The van der Waals surface area contributed by atoms with Crippen molar-refractivity contribution in [3.8, 4) is 0 Å². The van der Waals surface area contributed by atoms with Crippen molar-refractivity contribution in [3.63, 3.8) is 0 Å². The van der Waals surface area contributed by atoms with Crippen LogP contribution in [0.3, 0.4) is 0 Å². The number of halogens is 1. The third-order valence-electron chi connectivity index (χ3n) is 6.17. The van der Waals surface area contributed by atoms with Gasteiger partial charge in [-0.25, -0.2) is 0 Å². The maximum absolute atomic E-state index is 6.51. The van der Waals surface area contributed by atoms with Gasteiger partial charge >= 0.3 is 0 Å². The van der Waals surface area contributed by atoms with Gasteiger partial charge in [-0.2, -0.15) is 0 Å². The standard InChI is InChI=1S/C28H21BrN2OS/c29-23-15-9-12-21(18-23)27-30-32-28(22-13-5-2-6-14-22)19-26(20-10-3-1-4-11-20)33-25-17-8-7-16-24(25)31(27)28/h1-18,26H,19H2. The van der Waals surface area contributed by atoms with Crippen molar-refractivity contribution in [3.05, 3.63) is 130 Å². The molecule has 0 spiro atoms. The summed E-state index contributed by atoms with van der Waals surface area (Å²) in [6, 6.07) is 38.0. The van der Waals surface area contributed by atoms with E-state index < -0.39 is 5.72 Å². The lowest BCUT2D eigenvalue weighted by Crippen LogP contribution is -2.47. The van der Waals surface area contributed by atoms with Gasteiger partial charge in [0.15, 0.2) is 5.84 Å². The number of hydrogen-bond donors (Lipinski definition) is 0. The Kier molecular flexibility index (Phi) is 5.24. The highest BCUT2D eigenvalue weighted by molar-refractivity contribution is 9.10. The molecule has 4 aromatic rings.